The molecule has 0 aliphatic rings. The van der Waals surface area contributed by atoms with Gasteiger partial charge in [0, 0.05) is 13.0 Å². The number of hydrogen-bond acceptors (Lipinski definition) is 6. The summed E-state index contributed by atoms with van der Waals surface area (Å²) in [5.41, 5.74) is -6.26. The molecule has 0 saturated heterocycles. The first-order chi connectivity index (χ1) is 11.5. The molecular weight excluding hydrogens is 370 g/mol. The molecule has 0 atom stereocenters. The number of aromatic nitrogens is 2. The SMILES string of the molecule is CC(=O)N(c1cccc(Oc2ncc(F)cn2)c1)S(=O)(=O)C(F)(F)F. The summed E-state index contributed by atoms with van der Waals surface area (Å²) in [6.45, 7) is 0.667. The Bertz CT molecular complexity index is 885. The quantitative estimate of drug-likeness (QED) is 0.759. The molecule has 0 N–H and O–H groups in total. The van der Waals surface area contributed by atoms with E-state index in [1.807, 2.05) is 0 Å². The van der Waals surface area contributed by atoms with Gasteiger partial charge in [-0.25, -0.2) is 14.4 Å². The van der Waals surface area contributed by atoms with Crippen LogP contribution in [-0.2, 0) is 14.8 Å². The standard InChI is InChI=1S/C13H9F4N3O4S/c1-8(21)20(25(22,23)13(15,16)17)10-3-2-4-11(5-10)24-12-18-6-9(14)7-19-12/h2-7H,1H3. The summed E-state index contributed by atoms with van der Waals surface area (Å²) in [4.78, 5) is 18.5. The number of carbonyl (C=O) groups excluding carboxylic acids is 1. The molecule has 25 heavy (non-hydrogen) atoms. The van der Waals surface area contributed by atoms with Gasteiger partial charge in [0.15, 0.2) is 5.82 Å². The Balaban J connectivity index is 2.41. The van der Waals surface area contributed by atoms with Crippen LogP contribution in [0.25, 0.3) is 0 Å². The van der Waals surface area contributed by atoms with E-state index in [4.69, 9.17) is 4.74 Å². The molecule has 0 aliphatic carbocycles. The molecule has 0 aliphatic heterocycles. The van der Waals surface area contributed by atoms with Crippen molar-refractivity contribution in [3.8, 4) is 11.8 Å². The molecule has 1 aromatic carbocycles. The second-order valence-electron chi connectivity index (χ2n) is 4.52. The normalized spacial score (nSPS) is 11.9. The summed E-state index contributed by atoms with van der Waals surface area (Å²) in [6.07, 6.45) is 1.59. The van der Waals surface area contributed by atoms with E-state index in [0.29, 0.717) is 6.92 Å². The van der Waals surface area contributed by atoms with Gasteiger partial charge in [-0.3, -0.25) is 4.79 Å². The molecule has 1 aromatic heterocycles. The summed E-state index contributed by atoms with van der Waals surface area (Å²) in [7, 11) is -5.94. The summed E-state index contributed by atoms with van der Waals surface area (Å²) in [6, 6.07) is 3.94. The fraction of sp³-hybridized carbons (Fsp3) is 0.154. The monoisotopic (exact) mass is 379 g/mol. The van der Waals surface area contributed by atoms with Crippen molar-refractivity contribution in [3.05, 3.63) is 42.5 Å². The van der Waals surface area contributed by atoms with Gasteiger partial charge in [0.1, 0.15) is 5.75 Å². The van der Waals surface area contributed by atoms with Crippen molar-refractivity contribution in [2.75, 3.05) is 4.31 Å². The molecule has 134 valence electrons. The van der Waals surface area contributed by atoms with E-state index in [9.17, 15) is 30.8 Å². The first-order valence-electron chi connectivity index (χ1n) is 6.40. The van der Waals surface area contributed by atoms with E-state index in [1.165, 1.54) is 6.07 Å². The van der Waals surface area contributed by atoms with Gasteiger partial charge in [-0.1, -0.05) is 6.07 Å². The minimum Gasteiger partial charge on any atom is -0.424 e. The van der Waals surface area contributed by atoms with Crippen LogP contribution in [0.2, 0.25) is 0 Å². The number of benzene rings is 1. The van der Waals surface area contributed by atoms with Crippen molar-refractivity contribution in [1.82, 2.24) is 9.97 Å². The second-order valence-corrected chi connectivity index (χ2v) is 6.30. The van der Waals surface area contributed by atoms with Crippen molar-refractivity contribution < 1.29 is 35.5 Å². The molecule has 1 heterocycles. The maximum atomic E-state index is 12.7. The lowest BCUT2D eigenvalue weighted by atomic mass is 10.3. The lowest BCUT2D eigenvalue weighted by Crippen LogP contribution is -2.43. The van der Waals surface area contributed by atoms with E-state index >= 15 is 0 Å². The Hall–Kier alpha value is -2.76. The van der Waals surface area contributed by atoms with Gasteiger partial charge in [0.25, 0.3) is 0 Å². The van der Waals surface area contributed by atoms with Gasteiger partial charge in [-0.05, 0) is 12.1 Å². The highest BCUT2D eigenvalue weighted by molar-refractivity contribution is 7.94. The third-order valence-corrected chi connectivity index (χ3v) is 4.21. The molecule has 1 amide bonds. The van der Waals surface area contributed by atoms with Crippen molar-refractivity contribution in [3.63, 3.8) is 0 Å². The number of amides is 1. The van der Waals surface area contributed by atoms with Crippen LogP contribution >= 0.6 is 0 Å². The van der Waals surface area contributed by atoms with Gasteiger partial charge in [0.2, 0.25) is 5.91 Å². The number of hydrogen-bond donors (Lipinski definition) is 0. The van der Waals surface area contributed by atoms with E-state index in [1.54, 1.807) is 0 Å². The summed E-state index contributed by atoms with van der Waals surface area (Å²) >= 11 is 0. The van der Waals surface area contributed by atoms with Crippen molar-refractivity contribution in [2.24, 2.45) is 0 Å². The molecular formula is C13H9F4N3O4S. The second kappa shape index (κ2) is 6.63. The Kier molecular flexibility index (Phi) is 4.92. The lowest BCUT2D eigenvalue weighted by Gasteiger charge is -2.22. The fourth-order valence-electron chi connectivity index (χ4n) is 1.73. The van der Waals surface area contributed by atoms with Crippen LogP contribution < -0.4 is 9.04 Å². The highest BCUT2D eigenvalue weighted by atomic mass is 32.2. The molecule has 0 fully saturated rings. The minimum absolute atomic E-state index is 0.160. The van der Waals surface area contributed by atoms with Crippen molar-refractivity contribution in [2.45, 2.75) is 12.4 Å². The zero-order valence-corrected chi connectivity index (χ0v) is 13.2. The number of alkyl halides is 3. The van der Waals surface area contributed by atoms with Crippen molar-refractivity contribution in [1.29, 1.82) is 0 Å². The average Bonchev–Trinajstić information content (AvgIpc) is 2.48. The number of ether oxygens (including phenoxy) is 1. The summed E-state index contributed by atoms with van der Waals surface area (Å²) < 4.78 is 78.8. The molecule has 12 heteroatoms. The largest absolute Gasteiger partial charge is 0.517 e. The predicted octanol–water partition coefficient (Wildman–Crippen LogP) is 2.61. The van der Waals surface area contributed by atoms with Gasteiger partial charge in [0.05, 0.1) is 18.1 Å². The first-order valence-corrected chi connectivity index (χ1v) is 7.84. The molecule has 0 radical (unpaired) electrons. The maximum absolute atomic E-state index is 12.7. The van der Waals surface area contributed by atoms with Crippen LogP contribution in [0.1, 0.15) is 6.92 Å². The molecule has 7 nitrogen and oxygen atoms in total. The van der Waals surface area contributed by atoms with Gasteiger partial charge in [-0.15, -0.1) is 0 Å². The Morgan fingerprint density at radius 3 is 2.32 bits per heavy atom. The molecule has 0 spiro atoms. The van der Waals surface area contributed by atoms with E-state index in [-0.39, 0.29) is 11.8 Å². The van der Waals surface area contributed by atoms with Gasteiger partial charge < -0.3 is 4.74 Å². The number of carbonyl (C=O) groups is 1. The zero-order chi connectivity index (χ0) is 18.8. The zero-order valence-electron chi connectivity index (χ0n) is 12.4. The number of sulfonamides is 1. The van der Waals surface area contributed by atoms with Crippen LogP contribution in [0, 0.1) is 5.82 Å². The number of halogens is 4. The topological polar surface area (TPSA) is 89.5 Å². The number of rotatable bonds is 4. The van der Waals surface area contributed by atoms with Crippen LogP contribution in [0.15, 0.2) is 36.7 Å². The third-order valence-electron chi connectivity index (χ3n) is 2.68. The van der Waals surface area contributed by atoms with E-state index in [2.05, 4.69) is 9.97 Å². The molecule has 2 rings (SSSR count). The van der Waals surface area contributed by atoms with Crippen LogP contribution in [0.4, 0.5) is 23.2 Å². The molecule has 2 aromatic rings. The Morgan fingerprint density at radius 2 is 1.80 bits per heavy atom. The van der Waals surface area contributed by atoms with Gasteiger partial charge in [-0.2, -0.15) is 25.9 Å². The average molecular weight is 379 g/mol. The van der Waals surface area contributed by atoms with Gasteiger partial charge >= 0.3 is 21.5 Å². The van der Waals surface area contributed by atoms with E-state index < -0.39 is 37.2 Å². The van der Waals surface area contributed by atoms with Crippen molar-refractivity contribution >= 4 is 21.6 Å². The maximum Gasteiger partial charge on any atom is 0.517 e. The number of nitrogens with zero attached hydrogens (tertiary/aromatic N) is 3. The number of anilines is 1. The smallest absolute Gasteiger partial charge is 0.424 e. The molecule has 0 bridgehead atoms. The lowest BCUT2D eigenvalue weighted by molar-refractivity contribution is -0.115. The highest BCUT2D eigenvalue weighted by Gasteiger charge is 2.51. The Morgan fingerprint density at radius 1 is 1.20 bits per heavy atom. The first kappa shape index (κ1) is 18.6. The molecule has 0 unspecified atom stereocenters. The summed E-state index contributed by atoms with van der Waals surface area (Å²) in [5.74, 6) is -2.26. The van der Waals surface area contributed by atoms with E-state index in [0.717, 1.165) is 30.6 Å². The highest BCUT2D eigenvalue weighted by Crippen LogP contribution is 2.33. The molecule has 0 saturated carbocycles. The van der Waals surface area contributed by atoms with Crippen LogP contribution in [0.5, 0.6) is 11.8 Å². The van der Waals surface area contributed by atoms with Crippen LogP contribution in [-0.4, -0.2) is 29.8 Å². The minimum atomic E-state index is -5.94. The van der Waals surface area contributed by atoms with Crippen LogP contribution in [0.3, 0.4) is 0 Å². The Labute approximate surface area is 138 Å². The fourth-order valence-corrected chi connectivity index (χ4v) is 2.66. The summed E-state index contributed by atoms with van der Waals surface area (Å²) in [5, 5.41) is 0. The third kappa shape index (κ3) is 4.02. The predicted molar refractivity (Wildman–Crippen MR) is 76.6 cm³/mol.